The molecule has 0 N–H and O–H groups in total. The van der Waals surface area contributed by atoms with E-state index in [0.29, 0.717) is 0 Å². The van der Waals surface area contributed by atoms with Gasteiger partial charge in [0.1, 0.15) is 0 Å². The molecule has 0 aliphatic rings. The Morgan fingerprint density at radius 3 is 1.17 bits per heavy atom. The van der Waals surface area contributed by atoms with Crippen molar-refractivity contribution < 1.29 is 0 Å². The molecule has 0 aromatic rings. The van der Waals surface area contributed by atoms with Crippen molar-refractivity contribution in [2.45, 2.75) is 103 Å². The molecule has 0 nitrogen and oxygen atoms in total. The van der Waals surface area contributed by atoms with Crippen molar-refractivity contribution in [3.05, 3.63) is 0 Å². The molecule has 2 heteroatoms. The summed E-state index contributed by atoms with van der Waals surface area (Å²) in [6.45, 7) is 9.96. The van der Waals surface area contributed by atoms with Gasteiger partial charge in [0.15, 0.2) is 0 Å². The van der Waals surface area contributed by atoms with Gasteiger partial charge in [-0.05, 0) is 0 Å². The lowest BCUT2D eigenvalue weighted by Gasteiger charge is -2.17. The van der Waals surface area contributed by atoms with Gasteiger partial charge in [0.05, 0.1) is 0 Å². The lowest BCUT2D eigenvalue weighted by molar-refractivity contribution is 0.653. The van der Waals surface area contributed by atoms with Crippen LogP contribution in [0.5, 0.6) is 0 Å². The molecule has 2 unspecified atom stereocenters. The van der Waals surface area contributed by atoms with Crippen molar-refractivity contribution in [2.75, 3.05) is 0 Å². The Hall–Kier alpha value is 0.434. The highest BCUT2D eigenvalue weighted by Crippen LogP contribution is 2.14. The fourth-order valence-electron chi connectivity index (χ4n) is 2.71. The van der Waals surface area contributed by atoms with Crippen LogP contribution in [-0.4, -0.2) is 16.6 Å². The van der Waals surface area contributed by atoms with Gasteiger partial charge in [-0.1, -0.05) is 103 Å². The van der Waals surface area contributed by atoms with Crippen molar-refractivity contribution in [3.8, 4) is 0 Å². The van der Waals surface area contributed by atoms with Crippen LogP contribution in [0.4, 0.5) is 0 Å². The molecule has 0 rings (SSSR count). The van der Waals surface area contributed by atoms with Crippen LogP contribution in [0.3, 0.4) is 0 Å². The molecule has 0 radical (unpaired) electrons. The Labute approximate surface area is 120 Å². The van der Waals surface area contributed by atoms with E-state index in [1.54, 1.807) is 24.9 Å². The van der Waals surface area contributed by atoms with Gasteiger partial charge in [0.25, 0.3) is 0 Å². The molecule has 0 aromatic carbocycles. The third-order valence-corrected chi connectivity index (χ3v) is 16.9. The summed E-state index contributed by atoms with van der Waals surface area (Å²) in [7, 11) is -0.536. The largest absolute Gasteiger partial charge is 0.0741 e. The van der Waals surface area contributed by atoms with Gasteiger partial charge in [-0.25, -0.2) is 0 Å². The highest BCUT2D eigenvalue weighted by Gasteiger charge is 2.14. The molecule has 0 saturated heterocycles. The molecule has 0 saturated carbocycles. The SMILES string of the molecule is CCCCCCC[SiH](C)[SiH](C)CCCCCCC. The average Bonchev–Trinajstić information content (AvgIpc) is 2.37. The Bertz CT molecular complexity index is 141. The van der Waals surface area contributed by atoms with Gasteiger partial charge in [-0.3, -0.25) is 0 Å². The van der Waals surface area contributed by atoms with E-state index >= 15 is 0 Å². The van der Waals surface area contributed by atoms with E-state index in [-0.39, 0.29) is 16.6 Å². The summed E-state index contributed by atoms with van der Waals surface area (Å²) in [5.74, 6) is 0. The molecule has 0 heterocycles. The van der Waals surface area contributed by atoms with Gasteiger partial charge in [-0.15, -0.1) is 0 Å². The molecule has 18 heavy (non-hydrogen) atoms. The van der Waals surface area contributed by atoms with E-state index in [1.165, 1.54) is 51.4 Å². The highest BCUT2D eigenvalue weighted by molar-refractivity contribution is 7.21. The lowest BCUT2D eigenvalue weighted by Crippen LogP contribution is -2.29. The number of hydrogen-bond donors (Lipinski definition) is 0. The summed E-state index contributed by atoms with van der Waals surface area (Å²) < 4.78 is 0. The normalized spacial score (nSPS) is 14.7. The Morgan fingerprint density at radius 1 is 0.500 bits per heavy atom. The van der Waals surface area contributed by atoms with Gasteiger partial charge in [-0.2, -0.15) is 0 Å². The first-order chi connectivity index (χ1) is 8.72. The molecule has 110 valence electrons. The summed E-state index contributed by atoms with van der Waals surface area (Å²) >= 11 is 0. The molecular formula is C16H38Si2. The van der Waals surface area contributed by atoms with Crippen LogP contribution in [0.15, 0.2) is 0 Å². The third-order valence-electron chi connectivity index (χ3n) is 4.50. The van der Waals surface area contributed by atoms with Crippen molar-refractivity contribution in [2.24, 2.45) is 0 Å². The average molecular weight is 287 g/mol. The minimum atomic E-state index is -0.268. The van der Waals surface area contributed by atoms with Crippen LogP contribution < -0.4 is 0 Å². The first kappa shape index (κ1) is 18.4. The zero-order valence-corrected chi connectivity index (χ0v) is 15.9. The van der Waals surface area contributed by atoms with Crippen LogP contribution in [0, 0.1) is 0 Å². The number of hydrogen-bond acceptors (Lipinski definition) is 0. The lowest BCUT2D eigenvalue weighted by atomic mass is 10.2. The molecule has 0 aromatic heterocycles. The van der Waals surface area contributed by atoms with Crippen LogP contribution in [0.25, 0.3) is 0 Å². The zero-order valence-electron chi connectivity index (χ0n) is 13.6. The molecule has 0 amide bonds. The standard InChI is InChI=1S/C16H38Si2/c1-5-7-9-11-13-15-17(3)18(4)16-14-12-10-8-6-2/h17-18H,5-16H2,1-4H3. The van der Waals surface area contributed by atoms with E-state index in [4.69, 9.17) is 0 Å². The quantitative estimate of drug-likeness (QED) is 0.300. The monoisotopic (exact) mass is 286 g/mol. The first-order valence-corrected chi connectivity index (χ1v) is 15.3. The van der Waals surface area contributed by atoms with Gasteiger partial charge in [0.2, 0.25) is 0 Å². The highest BCUT2D eigenvalue weighted by atomic mass is 29.2. The minimum Gasteiger partial charge on any atom is -0.0741 e. The van der Waals surface area contributed by atoms with Crippen LogP contribution in [-0.2, 0) is 0 Å². The van der Waals surface area contributed by atoms with Crippen molar-refractivity contribution in [3.63, 3.8) is 0 Å². The summed E-state index contributed by atoms with van der Waals surface area (Å²) in [6, 6.07) is 3.32. The van der Waals surface area contributed by atoms with Gasteiger partial charge >= 0.3 is 0 Å². The smallest absolute Gasteiger partial charge is 0.0246 e. The summed E-state index contributed by atoms with van der Waals surface area (Å²) in [5.41, 5.74) is 0. The number of unbranched alkanes of at least 4 members (excludes halogenated alkanes) is 8. The summed E-state index contributed by atoms with van der Waals surface area (Å²) in [6.07, 6.45) is 14.8. The third kappa shape index (κ3) is 11.5. The van der Waals surface area contributed by atoms with E-state index < -0.39 is 0 Å². The second-order valence-electron chi connectivity index (χ2n) is 6.36. The molecule has 0 bridgehead atoms. The van der Waals surface area contributed by atoms with E-state index in [9.17, 15) is 0 Å². The molecule has 0 aliphatic heterocycles. The molecule has 2 atom stereocenters. The first-order valence-electron chi connectivity index (χ1n) is 8.72. The molecule has 0 fully saturated rings. The topological polar surface area (TPSA) is 0 Å². The van der Waals surface area contributed by atoms with Crippen LogP contribution in [0.1, 0.15) is 78.1 Å². The van der Waals surface area contributed by atoms with E-state index in [2.05, 4.69) is 26.9 Å². The Balaban J connectivity index is 3.36. The van der Waals surface area contributed by atoms with Gasteiger partial charge < -0.3 is 0 Å². The molecule has 0 spiro atoms. The second-order valence-corrected chi connectivity index (χ2v) is 18.3. The fraction of sp³-hybridized carbons (Fsp3) is 1.00. The van der Waals surface area contributed by atoms with Crippen LogP contribution in [0.2, 0.25) is 25.2 Å². The Kier molecular flexibility index (Phi) is 14.2. The van der Waals surface area contributed by atoms with Crippen LogP contribution >= 0.6 is 0 Å². The fourth-order valence-corrected chi connectivity index (χ4v) is 10.5. The zero-order chi connectivity index (χ0) is 13.6. The molecular weight excluding hydrogens is 248 g/mol. The summed E-state index contributed by atoms with van der Waals surface area (Å²) in [5, 5.41) is 0. The number of rotatable bonds is 13. The van der Waals surface area contributed by atoms with E-state index in [1.807, 2.05) is 0 Å². The Morgan fingerprint density at radius 2 is 0.833 bits per heavy atom. The summed E-state index contributed by atoms with van der Waals surface area (Å²) in [4.78, 5) is 0. The van der Waals surface area contributed by atoms with Crippen molar-refractivity contribution in [1.82, 2.24) is 0 Å². The predicted octanol–water partition coefficient (Wildman–Crippen LogP) is 5.72. The maximum Gasteiger partial charge on any atom is 0.0246 e. The predicted molar refractivity (Wildman–Crippen MR) is 93.2 cm³/mol. The van der Waals surface area contributed by atoms with Crippen molar-refractivity contribution in [1.29, 1.82) is 0 Å². The van der Waals surface area contributed by atoms with Crippen molar-refractivity contribution >= 4 is 16.6 Å². The molecule has 0 aliphatic carbocycles. The van der Waals surface area contributed by atoms with E-state index in [0.717, 1.165) is 0 Å². The maximum atomic E-state index is 2.67. The maximum absolute atomic E-state index is 2.67. The van der Waals surface area contributed by atoms with Gasteiger partial charge in [0, 0.05) is 16.6 Å². The minimum absolute atomic E-state index is 0.268. The second kappa shape index (κ2) is 13.9.